The van der Waals surface area contributed by atoms with Gasteiger partial charge in [0.1, 0.15) is 6.61 Å². The van der Waals surface area contributed by atoms with Crippen molar-refractivity contribution in [2.24, 2.45) is 4.99 Å². The highest BCUT2D eigenvalue weighted by atomic mass is 31.0. The Balaban J connectivity index is 2.36. The van der Waals surface area contributed by atoms with Gasteiger partial charge in [0.25, 0.3) is 0 Å². The van der Waals surface area contributed by atoms with E-state index in [1.165, 1.54) is 5.56 Å². The lowest BCUT2D eigenvalue weighted by Crippen LogP contribution is -2.04. The molecule has 2 atom stereocenters. The molecule has 1 aromatic carbocycles. The second-order valence-electron chi connectivity index (χ2n) is 3.46. The molecular formula is C11H14NOP. The van der Waals surface area contributed by atoms with Gasteiger partial charge in [-0.2, -0.15) is 0 Å². The molecule has 0 aromatic heterocycles. The number of nitrogens with zero attached hydrogens (tertiary/aromatic N) is 1. The van der Waals surface area contributed by atoms with Gasteiger partial charge < -0.3 is 4.74 Å². The number of rotatable bonds is 2. The summed E-state index contributed by atoms with van der Waals surface area (Å²) in [5, 5.41) is 0. The zero-order valence-corrected chi connectivity index (χ0v) is 9.39. The summed E-state index contributed by atoms with van der Waals surface area (Å²) in [6, 6.07) is 8.53. The Morgan fingerprint density at radius 1 is 1.50 bits per heavy atom. The molecule has 1 aliphatic rings. The highest BCUT2D eigenvalue weighted by Crippen LogP contribution is 2.17. The quantitative estimate of drug-likeness (QED) is 0.681. The van der Waals surface area contributed by atoms with Crippen molar-refractivity contribution in [3.63, 3.8) is 0 Å². The van der Waals surface area contributed by atoms with Crippen molar-refractivity contribution < 1.29 is 4.74 Å². The van der Waals surface area contributed by atoms with E-state index in [0.29, 0.717) is 12.6 Å². The predicted octanol–water partition coefficient (Wildman–Crippen LogP) is 2.23. The van der Waals surface area contributed by atoms with Crippen molar-refractivity contribution in [1.82, 2.24) is 0 Å². The highest BCUT2D eigenvalue weighted by Gasteiger charge is 2.17. The molecule has 1 heterocycles. The van der Waals surface area contributed by atoms with Gasteiger partial charge in [-0.1, -0.05) is 18.2 Å². The molecule has 2 rings (SSSR count). The van der Waals surface area contributed by atoms with E-state index < -0.39 is 0 Å². The second-order valence-corrected chi connectivity index (χ2v) is 3.86. The van der Waals surface area contributed by atoms with Crippen LogP contribution >= 0.6 is 9.24 Å². The van der Waals surface area contributed by atoms with Gasteiger partial charge in [0.05, 0.1) is 6.04 Å². The minimum Gasteiger partial charge on any atom is -0.475 e. The zero-order valence-electron chi connectivity index (χ0n) is 8.23. The molecule has 0 spiro atoms. The minimum absolute atomic E-state index is 0.294. The molecule has 0 saturated carbocycles. The topological polar surface area (TPSA) is 21.6 Å². The van der Waals surface area contributed by atoms with E-state index >= 15 is 0 Å². The fourth-order valence-corrected chi connectivity index (χ4v) is 1.88. The molecular weight excluding hydrogens is 193 g/mol. The van der Waals surface area contributed by atoms with Crippen LogP contribution in [0.3, 0.4) is 0 Å². The van der Waals surface area contributed by atoms with Crippen LogP contribution in [0.15, 0.2) is 29.3 Å². The smallest absolute Gasteiger partial charge is 0.216 e. The van der Waals surface area contributed by atoms with E-state index in [4.69, 9.17) is 4.74 Å². The molecule has 3 heteroatoms. The zero-order chi connectivity index (χ0) is 9.97. The molecule has 1 unspecified atom stereocenters. The van der Waals surface area contributed by atoms with Gasteiger partial charge in [-0.15, -0.1) is 9.24 Å². The molecule has 0 radical (unpaired) electrons. The Hall–Kier alpha value is -0.880. The summed E-state index contributed by atoms with van der Waals surface area (Å²) in [6.07, 6.45) is 0.937. The fourth-order valence-electron chi connectivity index (χ4n) is 1.53. The molecule has 2 nitrogen and oxygen atoms in total. The molecule has 74 valence electrons. The Bertz CT molecular complexity index is 362. The summed E-state index contributed by atoms with van der Waals surface area (Å²) >= 11 is 0. The van der Waals surface area contributed by atoms with Gasteiger partial charge in [0.2, 0.25) is 5.90 Å². The van der Waals surface area contributed by atoms with Crippen LogP contribution in [-0.2, 0) is 10.9 Å². The van der Waals surface area contributed by atoms with Crippen LogP contribution in [-0.4, -0.2) is 18.5 Å². The Morgan fingerprint density at radius 2 is 2.29 bits per heavy atom. The third-order valence-corrected chi connectivity index (χ3v) is 2.71. The van der Waals surface area contributed by atoms with Gasteiger partial charge in [-0.25, -0.2) is 4.99 Å². The van der Waals surface area contributed by atoms with Gasteiger partial charge in [0.15, 0.2) is 0 Å². The van der Waals surface area contributed by atoms with E-state index in [0.717, 1.165) is 17.6 Å². The second kappa shape index (κ2) is 4.10. The number of hydrogen-bond donors (Lipinski definition) is 0. The number of aliphatic imine (C=N–C) groups is 1. The van der Waals surface area contributed by atoms with Gasteiger partial charge in [-0.05, 0) is 24.7 Å². The lowest BCUT2D eigenvalue weighted by molar-refractivity contribution is 0.324. The Kier molecular flexibility index (Phi) is 2.83. The van der Waals surface area contributed by atoms with Crippen LogP contribution in [0.1, 0.15) is 18.1 Å². The van der Waals surface area contributed by atoms with Crippen LogP contribution in [0.5, 0.6) is 0 Å². The molecule has 0 fully saturated rings. The van der Waals surface area contributed by atoms with E-state index in [1.54, 1.807) is 0 Å². The van der Waals surface area contributed by atoms with E-state index in [1.807, 2.05) is 12.1 Å². The van der Waals surface area contributed by atoms with E-state index in [9.17, 15) is 0 Å². The summed E-state index contributed by atoms with van der Waals surface area (Å²) in [5.74, 6) is 0.801. The van der Waals surface area contributed by atoms with Crippen LogP contribution in [0.4, 0.5) is 0 Å². The average Bonchev–Trinajstić information content (AvgIpc) is 2.65. The van der Waals surface area contributed by atoms with Crippen molar-refractivity contribution in [3.05, 3.63) is 35.4 Å². The van der Waals surface area contributed by atoms with Crippen LogP contribution in [0, 0.1) is 0 Å². The highest BCUT2D eigenvalue weighted by molar-refractivity contribution is 7.15. The number of benzene rings is 1. The Morgan fingerprint density at radius 3 is 2.93 bits per heavy atom. The maximum atomic E-state index is 5.53. The monoisotopic (exact) mass is 207 g/mol. The van der Waals surface area contributed by atoms with Crippen molar-refractivity contribution >= 4 is 15.1 Å². The van der Waals surface area contributed by atoms with Crippen molar-refractivity contribution in [3.8, 4) is 0 Å². The van der Waals surface area contributed by atoms with Gasteiger partial charge >= 0.3 is 0 Å². The largest absolute Gasteiger partial charge is 0.475 e. The first-order valence-corrected chi connectivity index (χ1v) is 5.62. The third kappa shape index (κ3) is 1.80. The predicted molar refractivity (Wildman–Crippen MR) is 61.8 cm³/mol. The first-order chi connectivity index (χ1) is 6.81. The van der Waals surface area contributed by atoms with Gasteiger partial charge in [0, 0.05) is 5.56 Å². The lowest BCUT2D eigenvalue weighted by atomic mass is 10.1. The molecule has 1 aliphatic heterocycles. The minimum atomic E-state index is 0.294. The van der Waals surface area contributed by atoms with Crippen molar-refractivity contribution in [2.75, 3.05) is 6.61 Å². The van der Waals surface area contributed by atoms with Crippen molar-refractivity contribution in [2.45, 2.75) is 19.1 Å². The average molecular weight is 207 g/mol. The maximum absolute atomic E-state index is 5.53. The molecule has 14 heavy (non-hydrogen) atoms. The summed E-state index contributed by atoms with van der Waals surface area (Å²) < 4.78 is 5.53. The van der Waals surface area contributed by atoms with Crippen LogP contribution in [0.25, 0.3) is 0 Å². The molecule has 0 amide bonds. The van der Waals surface area contributed by atoms with Crippen LogP contribution < -0.4 is 0 Å². The number of hydrogen-bond acceptors (Lipinski definition) is 2. The van der Waals surface area contributed by atoms with Gasteiger partial charge in [-0.3, -0.25) is 0 Å². The van der Waals surface area contributed by atoms with E-state index in [2.05, 4.69) is 33.3 Å². The normalized spacial score (nSPS) is 20.4. The molecule has 0 aliphatic carbocycles. The molecule has 1 aromatic rings. The Labute approximate surface area is 86.6 Å². The summed E-state index contributed by atoms with van der Waals surface area (Å²) in [7, 11) is 2.73. The molecule has 0 saturated heterocycles. The van der Waals surface area contributed by atoms with Crippen molar-refractivity contribution in [1.29, 1.82) is 0 Å². The van der Waals surface area contributed by atoms with Crippen LogP contribution in [0.2, 0.25) is 0 Å². The first-order valence-electron chi connectivity index (χ1n) is 4.80. The third-order valence-electron chi connectivity index (χ3n) is 2.27. The summed E-state index contributed by atoms with van der Waals surface area (Å²) in [5.41, 5.74) is 2.40. The van der Waals surface area contributed by atoms with E-state index in [-0.39, 0.29) is 0 Å². The maximum Gasteiger partial charge on any atom is 0.216 e. The first kappa shape index (κ1) is 9.67. The number of ether oxygens (including phenoxy) is 1. The SMILES string of the molecule is C[C@H]1COC(c2ccccc2CP)=N1. The molecule has 0 N–H and O–H groups in total. The standard InChI is InChI=1S/C11H14NOP/c1-8-6-13-11(12-8)10-5-3-2-4-9(10)7-14/h2-5,8H,6-7,14H2,1H3/t8-/m0/s1. The lowest BCUT2D eigenvalue weighted by Gasteiger charge is -2.06. The molecule has 0 bridgehead atoms. The fraction of sp³-hybridized carbons (Fsp3) is 0.364. The summed E-state index contributed by atoms with van der Waals surface area (Å²) in [4.78, 5) is 4.45. The summed E-state index contributed by atoms with van der Waals surface area (Å²) in [6.45, 7) is 2.77.